The molecule has 12 heavy (non-hydrogen) atoms. The third-order valence-corrected chi connectivity index (χ3v) is 2.87. The van der Waals surface area contributed by atoms with E-state index in [4.69, 9.17) is 4.84 Å². The van der Waals surface area contributed by atoms with Gasteiger partial charge >= 0.3 is 0 Å². The van der Waals surface area contributed by atoms with Gasteiger partial charge in [-0.15, -0.1) is 0 Å². The Bertz CT molecular complexity index is 125. The first-order chi connectivity index (χ1) is 5.79. The normalized spacial score (nSPS) is 29.0. The molecular formula is C10H21NO. The average molecular weight is 171 g/mol. The van der Waals surface area contributed by atoms with Crippen LogP contribution in [0, 0.1) is 5.92 Å². The summed E-state index contributed by atoms with van der Waals surface area (Å²) in [5.74, 6) is 0.881. The molecule has 1 aliphatic rings. The summed E-state index contributed by atoms with van der Waals surface area (Å²) in [6, 6.07) is 0.696. The van der Waals surface area contributed by atoms with E-state index in [1.807, 2.05) is 0 Å². The Morgan fingerprint density at radius 2 is 2.08 bits per heavy atom. The molecule has 0 aromatic heterocycles. The van der Waals surface area contributed by atoms with Crippen molar-refractivity contribution in [2.24, 2.45) is 5.92 Å². The Morgan fingerprint density at radius 1 is 1.33 bits per heavy atom. The zero-order chi connectivity index (χ0) is 8.97. The lowest BCUT2D eigenvalue weighted by atomic mass is 9.78. The molecule has 0 heterocycles. The van der Waals surface area contributed by atoms with Crippen LogP contribution in [-0.4, -0.2) is 24.8 Å². The summed E-state index contributed by atoms with van der Waals surface area (Å²) in [6.45, 7) is 5.28. The van der Waals surface area contributed by atoms with E-state index < -0.39 is 0 Å². The van der Waals surface area contributed by atoms with Gasteiger partial charge in [-0.2, -0.15) is 5.06 Å². The molecular weight excluding hydrogens is 150 g/mol. The van der Waals surface area contributed by atoms with Crippen molar-refractivity contribution in [1.82, 2.24) is 5.06 Å². The summed E-state index contributed by atoms with van der Waals surface area (Å²) < 4.78 is 0. The molecule has 1 saturated carbocycles. The van der Waals surface area contributed by atoms with Crippen LogP contribution >= 0.6 is 0 Å². The molecule has 0 aromatic carbocycles. The van der Waals surface area contributed by atoms with Crippen LogP contribution in [0.25, 0.3) is 0 Å². The molecule has 2 atom stereocenters. The second-order valence-electron chi connectivity index (χ2n) is 3.69. The molecule has 0 radical (unpaired) electrons. The Balaban J connectivity index is 2.18. The molecule has 1 aliphatic carbocycles. The van der Waals surface area contributed by atoms with Gasteiger partial charge in [-0.3, -0.25) is 4.84 Å². The van der Waals surface area contributed by atoms with Crippen molar-refractivity contribution in [3.05, 3.63) is 0 Å². The van der Waals surface area contributed by atoms with Crippen molar-refractivity contribution in [3.8, 4) is 0 Å². The van der Waals surface area contributed by atoms with Crippen molar-refractivity contribution in [2.75, 3.05) is 13.7 Å². The van der Waals surface area contributed by atoms with Gasteiger partial charge in [0.05, 0.1) is 6.61 Å². The molecule has 72 valence electrons. The van der Waals surface area contributed by atoms with Crippen LogP contribution in [-0.2, 0) is 4.84 Å². The number of nitrogens with zero attached hydrogens (tertiary/aromatic N) is 1. The van der Waals surface area contributed by atoms with Crippen LogP contribution < -0.4 is 0 Å². The predicted octanol–water partition coefficient (Wildman–Crippen LogP) is 2.45. The van der Waals surface area contributed by atoms with Crippen LogP contribution in [0.4, 0.5) is 0 Å². The van der Waals surface area contributed by atoms with Gasteiger partial charge in [-0.25, -0.2) is 0 Å². The fourth-order valence-corrected chi connectivity index (χ4v) is 1.84. The predicted molar refractivity (Wildman–Crippen MR) is 50.8 cm³/mol. The van der Waals surface area contributed by atoms with Gasteiger partial charge in [0.1, 0.15) is 0 Å². The summed E-state index contributed by atoms with van der Waals surface area (Å²) in [6.07, 6.45) is 5.11. The van der Waals surface area contributed by atoms with Gasteiger partial charge in [-0.1, -0.05) is 20.3 Å². The minimum Gasteiger partial charge on any atom is -0.299 e. The third-order valence-electron chi connectivity index (χ3n) is 2.87. The third kappa shape index (κ3) is 2.20. The molecule has 1 fully saturated rings. The molecule has 2 heteroatoms. The molecule has 0 aliphatic heterocycles. The van der Waals surface area contributed by atoms with Crippen molar-refractivity contribution in [2.45, 2.75) is 45.6 Å². The topological polar surface area (TPSA) is 12.5 Å². The van der Waals surface area contributed by atoms with E-state index in [0.29, 0.717) is 6.04 Å². The Hall–Kier alpha value is -0.0800. The molecule has 2 unspecified atom stereocenters. The highest BCUT2D eigenvalue weighted by atomic mass is 16.7. The lowest BCUT2D eigenvalue weighted by Crippen LogP contribution is -2.44. The van der Waals surface area contributed by atoms with Gasteiger partial charge in [0.25, 0.3) is 0 Å². The lowest BCUT2D eigenvalue weighted by Gasteiger charge is -2.41. The summed E-state index contributed by atoms with van der Waals surface area (Å²) in [5, 5.41) is 2.07. The second-order valence-corrected chi connectivity index (χ2v) is 3.69. The number of hydroxylamine groups is 2. The van der Waals surface area contributed by atoms with Crippen LogP contribution in [0.3, 0.4) is 0 Å². The summed E-state index contributed by atoms with van der Waals surface area (Å²) in [4.78, 5) is 5.56. The molecule has 0 spiro atoms. The van der Waals surface area contributed by atoms with Gasteiger partial charge < -0.3 is 0 Å². The van der Waals surface area contributed by atoms with E-state index in [2.05, 4.69) is 26.0 Å². The zero-order valence-corrected chi connectivity index (χ0v) is 8.55. The van der Waals surface area contributed by atoms with Crippen molar-refractivity contribution >= 4 is 0 Å². The Morgan fingerprint density at radius 3 is 2.50 bits per heavy atom. The van der Waals surface area contributed by atoms with Crippen LogP contribution in [0.15, 0.2) is 0 Å². The van der Waals surface area contributed by atoms with Crippen molar-refractivity contribution in [3.63, 3.8) is 0 Å². The van der Waals surface area contributed by atoms with E-state index >= 15 is 0 Å². The average Bonchev–Trinajstić information content (AvgIpc) is 2.00. The maximum atomic E-state index is 5.56. The molecule has 0 saturated heterocycles. The summed E-state index contributed by atoms with van der Waals surface area (Å²) >= 11 is 0. The van der Waals surface area contributed by atoms with E-state index in [-0.39, 0.29) is 0 Å². The SMILES string of the molecule is CCCON(C)C1CCC1CC. The van der Waals surface area contributed by atoms with Crippen LogP contribution in [0.1, 0.15) is 39.5 Å². The monoisotopic (exact) mass is 171 g/mol. The van der Waals surface area contributed by atoms with Gasteiger partial charge in [-0.05, 0) is 25.2 Å². The fourth-order valence-electron chi connectivity index (χ4n) is 1.84. The standard InChI is InChI=1S/C10H21NO/c1-4-8-12-11(3)10-7-6-9(10)5-2/h9-10H,4-8H2,1-3H3. The van der Waals surface area contributed by atoms with E-state index in [0.717, 1.165) is 18.9 Å². The lowest BCUT2D eigenvalue weighted by molar-refractivity contribution is -0.198. The molecule has 1 rings (SSSR count). The Kier molecular flexibility index (Phi) is 4.02. The van der Waals surface area contributed by atoms with Crippen LogP contribution in [0.5, 0.6) is 0 Å². The van der Waals surface area contributed by atoms with Crippen LogP contribution in [0.2, 0.25) is 0 Å². The van der Waals surface area contributed by atoms with Crippen molar-refractivity contribution in [1.29, 1.82) is 0 Å². The quantitative estimate of drug-likeness (QED) is 0.589. The first-order valence-corrected chi connectivity index (χ1v) is 5.15. The van der Waals surface area contributed by atoms with Gasteiger partial charge in [0.15, 0.2) is 0 Å². The largest absolute Gasteiger partial charge is 0.299 e. The molecule has 2 nitrogen and oxygen atoms in total. The highest BCUT2D eigenvalue weighted by Gasteiger charge is 2.32. The molecule has 0 aromatic rings. The van der Waals surface area contributed by atoms with E-state index in [9.17, 15) is 0 Å². The molecule has 0 bridgehead atoms. The number of rotatable bonds is 5. The minimum atomic E-state index is 0.696. The summed E-state index contributed by atoms with van der Waals surface area (Å²) in [7, 11) is 2.07. The van der Waals surface area contributed by atoms with Gasteiger partial charge in [0, 0.05) is 13.1 Å². The van der Waals surface area contributed by atoms with Gasteiger partial charge in [0.2, 0.25) is 0 Å². The Labute approximate surface area is 75.8 Å². The number of hydrogen-bond acceptors (Lipinski definition) is 2. The van der Waals surface area contributed by atoms with E-state index in [1.54, 1.807) is 0 Å². The zero-order valence-electron chi connectivity index (χ0n) is 8.55. The first kappa shape index (κ1) is 10.0. The highest BCUT2D eigenvalue weighted by Crippen LogP contribution is 2.33. The maximum Gasteiger partial charge on any atom is 0.0682 e. The van der Waals surface area contributed by atoms with E-state index in [1.165, 1.54) is 19.3 Å². The fraction of sp³-hybridized carbons (Fsp3) is 1.00. The summed E-state index contributed by atoms with van der Waals surface area (Å²) in [5.41, 5.74) is 0. The second kappa shape index (κ2) is 4.83. The maximum absolute atomic E-state index is 5.56. The molecule has 0 amide bonds. The first-order valence-electron chi connectivity index (χ1n) is 5.15. The molecule has 0 N–H and O–H groups in total. The smallest absolute Gasteiger partial charge is 0.0682 e. The highest BCUT2D eigenvalue weighted by molar-refractivity contribution is 4.84. The van der Waals surface area contributed by atoms with Crippen molar-refractivity contribution < 1.29 is 4.84 Å². The minimum absolute atomic E-state index is 0.696. The number of hydrogen-bond donors (Lipinski definition) is 0.